The van der Waals surface area contributed by atoms with Crippen LogP contribution in [0.4, 0.5) is 5.95 Å². The molecule has 2 aromatic heterocycles. The fourth-order valence-corrected chi connectivity index (χ4v) is 3.06. The Morgan fingerprint density at radius 3 is 3.19 bits per heavy atom. The summed E-state index contributed by atoms with van der Waals surface area (Å²) in [4.78, 5) is 12.4. The molecule has 0 unspecified atom stereocenters. The minimum Gasteiger partial charge on any atom is -0.368 e. The molecule has 4 rings (SSSR count). The molecule has 9 heteroatoms. The lowest BCUT2D eigenvalue weighted by molar-refractivity contribution is 0.763. The number of nitrogens with two attached hydrogens (primary N) is 1. The molecule has 0 saturated carbocycles. The molecule has 106 valence electrons. The molecular weight excluding hydrogens is 310 g/mol. The number of aromatic nitrogens is 4. The van der Waals surface area contributed by atoms with E-state index in [0.717, 1.165) is 11.3 Å². The minimum atomic E-state index is 0.146. The van der Waals surface area contributed by atoms with Gasteiger partial charge in [0.15, 0.2) is 10.8 Å². The van der Waals surface area contributed by atoms with Gasteiger partial charge in [0, 0.05) is 12.4 Å². The molecule has 0 saturated heterocycles. The molecule has 7 nitrogen and oxygen atoms in total. The van der Waals surface area contributed by atoms with Gasteiger partial charge in [-0.2, -0.15) is 9.97 Å². The molecule has 0 aliphatic carbocycles. The monoisotopic (exact) mass is 319 g/mol. The largest absolute Gasteiger partial charge is 0.368 e. The first-order valence-corrected chi connectivity index (χ1v) is 7.30. The highest BCUT2D eigenvalue weighted by Crippen LogP contribution is 2.28. The van der Waals surface area contributed by atoms with Crippen molar-refractivity contribution in [3.05, 3.63) is 47.3 Å². The number of imidazole rings is 1. The zero-order chi connectivity index (χ0) is 14.4. The van der Waals surface area contributed by atoms with Crippen LogP contribution in [0.3, 0.4) is 0 Å². The highest BCUT2D eigenvalue weighted by molar-refractivity contribution is 7.95. The van der Waals surface area contributed by atoms with Crippen molar-refractivity contribution >= 4 is 40.8 Å². The maximum Gasteiger partial charge on any atom is 0.223 e. The van der Waals surface area contributed by atoms with Crippen LogP contribution in [0.1, 0.15) is 0 Å². The van der Waals surface area contributed by atoms with E-state index in [9.17, 15) is 0 Å². The first kappa shape index (κ1) is 12.5. The predicted molar refractivity (Wildman–Crippen MR) is 82.6 cm³/mol. The molecule has 0 aromatic carbocycles. The lowest BCUT2D eigenvalue weighted by Crippen LogP contribution is -2.09. The highest BCUT2D eigenvalue weighted by Gasteiger charge is 2.17. The number of nitrogen functional groups attached to an aromatic ring is 1. The lowest BCUT2D eigenvalue weighted by Gasteiger charge is -2.17. The number of hydrogen-bond acceptors (Lipinski definition) is 7. The van der Waals surface area contributed by atoms with Gasteiger partial charge in [0.2, 0.25) is 5.95 Å². The van der Waals surface area contributed by atoms with E-state index in [4.69, 9.17) is 17.3 Å². The third-order valence-electron chi connectivity index (χ3n) is 3.16. The van der Waals surface area contributed by atoms with Crippen molar-refractivity contribution in [1.29, 1.82) is 0 Å². The third kappa shape index (κ3) is 2.12. The van der Waals surface area contributed by atoms with Gasteiger partial charge in [-0.3, -0.25) is 4.31 Å². The van der Waals surface area contributed by atoms with E-state index in [1.807, 2.05) is 21.3 Å². The van der Waals surface area contributed by atoms with Gasteiger partial charge in [-0.05, 0) is 17.7 Å². The van der Waals surface area contributed by atoms with Crippen molar-refractivity contribution in [2.45, 2.75) is 6.54 Å². The summed E-state index contributed by atoms with van der Waals surface area (Å²) in [6.45, 7) is 0.635. The number of allylic oxidation sites excluding steroid dienone is 3. The van der Waals surface area contributed by atoms with E-state index in [1.165, 1.54) is 12.1 Å². The molecule has 21 heavy (non-hydrogen) atoms. The summed E-state index contributed by atoms with van der Waals surface area (Å²) in [6, 6.07) is 0. The number of nitrogens with zero attached hydrogens (tertiary/aromatic N) is 5. The Bertz CT molecular complexity index is 822. The molecule has 2 aliphatic rings. The van der Waals surface area contributed by atoms with Crippen molar-refractivity contribution < 1.29 is 0 Å². The van der Waals surface area contributed by atoms with Gasteiger partial charge in [0.05, 0.1) is 30.7 Å². The van der Waals surface area contributed by atoms with Crippen molar-refractivity contribution in [3.63, 3.8) is 0 Å². The van der Waals surface area contributed by atoms with Crippen molar-refractivity contribution in [3.8, 4) is 0 Å². The van der Waals surface area contributed by atoms with E-state index in [1.54, 1.807) is 6.33 Å². The molecular formula is C12H10ClN7S. The van der Waals surface area contributed by atoms with Crippen LogP contribution in [-0.4, -0.2) is 23.8 Å². The number of nitrogens with one attached hydrogen (secondary N) is 1. The van der Waals surface area contributed by atoms with Crippen LogP contribution >= 0.6 is 23.7 Å². The van der Waals surface area contributed by atoms with Crippen LogP contribution in [-0.2, 0) is 6.54 Å². The van der Waals surface area contributed by atoms with E-state index >= 15 is 0 Å². The fraction of sp³-hybridized carbons (Fsp3) is 0.0833. The average molecular weight is 320 g/mol. The fourth-order valence-electron chi connectivity index (χ4n) is 2.22. The Morgan fingerprint density at radius 1 is 1.38 bits per heavy atom. The summed E-state index contributed by atoms with van der Waals surface area (Å²) < 4.78 is 7.05. The van der Waals surface area contributed by atoms with Crippen LogP contribution in [0.5, 0.6) is 0 Å². The molecule has 4 heterocycles. The number of halogens is 1. The maximum absolute atomic E-state index is 6.03. The average Bonchev–Trinajstić information content (AvgIpc) is 3.06. The molecule has 0 amide bonds. The Morgan fingerprint density at radius 2 is 2.29 bits per heavy atom. The van der Waals surface area contributed by atoms with Gasteiger partial charge in [0.25, 0.3) is 0 Å². The Labute approximate surface area is 129 Å². The Kier molecular flexibility index (Phi) is 2.79. The quantitative estimate of drug-likeness (QED) is 0.645. The summed E-state index contributed by atoms with van der Waals surface area (Å²) >= 11 is 7.56. The van der Waals surface area contributed by atoms with Gasteiger partial charge in [-0.25, -0.2) is 4.98 Å². The van der Waals surface area contributed by atoms with Gasteiger partial charge in [0.1, 0.15) is 5.52 Å². The first-order chi connectivity index (χ1) is 10.2. The molecule has 0 spiro atoms. The van der Waals surface area contributed by atoms with E-state index < -0.39 is 0 Å². The van der Waals surface area contributed by atoms with Crippen LogP contribution in [0, 0.1) is 0 Å². The molecule has 0 fully saturated rings. The minimum absolute atomic E-state index is 0.146. The molecule has 0 radical (unpaired) electrons. The molecule has 2 aromatic rings. The molecule has 0 atom stereocenters. The van der Waals surface area contributed by atoms with Gasteiger partial charge < -0.3 is 15.0 Å². The Hall–Kier alpha value is -2.19. The van der Waals surface area contributed by atoms with Crippen LogP contribution in [0.15, 0.2) is 42.1 Å². The Balaban J connectivity index is 1.71. The van der Waals surface area contributed by atoms with Crippen LogP contribution in [0.2, 0.25) is 5.15 Å². The second-order valence-corrected chi connectivity index (χ2v) is 5.73. The second-order valence-electron chi connectivity index (χ2n) is 4.56. The number of fused-ring (bicyclic) bond motifs is 2. The summed E-state index contributed by atoms with van der Waals surface area (Å²) in [6.07, 6.45) is 9.82. The van der Waals surface area contributed by atoms with Crippen molar-refractivity contribution in [2.24, 2.45) is 0 Å². The van der Waals surface area contributed by atoms with Crippen molar-refractivity contribution in [1.82, 2.24) is 28.5 Å². The molecule has 2 aliphatic heterocycles. The van der Waals surface area contributed by atoms with Gasteiger partial charge >= 0.3 is 0 Å². The maximum atomic E-state index is 6.03. The zero-order valence-corrected chi connectivity index (χ0v) is 12.3. The van der Waals surface area contributed by atoms with E-state index in [2.05, 4.69) is 31.8 Å². The zero-order valence-electron chi connectivity index (χ0n) is 10.7. The summed E-state index contributed by atoms with van der Waals surface area (Å²) in [5.41, 5.74) is 9.09. The van der Waals surface area contributed by atoms with Crippen LogP contribution in [0.25, 0.3) is 11.2 Å². The van der Waals surface area contributed by atoms with E-state index in [0.29, 0.717) is 17.7 Å². The van der Waals surface area contributed by atoms with Gasteiger partial charge in [-0.1, -0.05) is 11.6 Å². The third-order valence-corrected chi connectivity index (χ3v) is 4.18. The highest BCUT2D eigenvalue weighted by atomic mass is 35.5. The number of hydrogen-bond donors (Lipinski definition) is 2. The van der Waals surface area contributed by atoms with Crippen molar-refractivity contribution in [2.75, 3.05) is 5.73 Å². The van der Waals surface area contributed by atoms with Crippen LogP contribution < -0.4 is 10.5 Å². The second kappa shape index (κ2) is 4.68. The normalized spacial score (nSPS) is 16.7. The number of anilines is 1. The molecule has 3 N–H and O–H groups in total. The standard InChI is InChI=1S/C12H10ClN7S/c13-10-9-11(18-12(14)17-10)19(6-15-9)5-7-1-2-20-8(3-7)4-16-21-20/h1-4,6,16H,5H2,(H2,14,17,18). The van der Waals surface area contributed by atoms with E-state index in [-0.39, 0.29) is 11.1 Å². The smallest absolute Gasteiger partial charge is 0.223 e. The molecule has 0 bridgehead atoms. The summed E-state index contributed by atoms with van der Waals surface area (Å²) in [5, 5.41) is 0.273. The number of rotatable bonds is 2. The SMILES string of the molecule is Nc1nc(Cl)c2ncn(CC3=CC4=CNSN4C=C3)c2n1. The van der Waals surface area contributed by atoms with Gasteiger partial charge in [-0.15, -0.1) is 0 Å². The summed E-state index contributed by atoms with van der Waals surface area (Å²) in [7, 11) is 0. The predicted octanol–water partition coefficient (Wildman–Crippen LogP) is 1.83. The lowest BCUT2D eigenvalue weighted by atomic mass is 10.1. The summed E-state index contributed by atoms with van der Waals surface area (Å²) in [5.74, 6) is 0.146. The topological polar surface area (TPSA) is 84.9 Å². The first-order valence-electron chi connectivity index (χ1n) is 6.15.